The van der Waals surface area contributed by atoms with Gasteiger partial charge in [-0.05, 0) is 12.8 Å². The summed E-state index contributed by atoms with van der Waals surface area (Å²) in [7, 11) is 1.41. The van der Waals surface area contributed by atoms with Gasteiger partial charge in [-0.25, -0.2) is 4.79 Å². The second kappa shape index (κ2) is 2.48. The van der Waals surface area contributed by atoms with Crippen LogP contribution in [0.5, 0.6) is 0 Å². The number of hydrogen-bond donors (Lipinski definition) is 0. The second-order valence-electron chi connectivity index (χ2n) is 3.21. The molecule has 0 spiro atoms. The van der Waals surface area contributed by atoms with E-state index in [-0.39, 0.29) is 12.1 Å². The van der Waals surface area contributed by atoms with Crippen molar-refractivity contribution in [2.24, 2.45) is 5.92 Å². The number of esters is 1. The molecule has 1 saturated heterocycles. The Morgan fingerprint density at radius 3 is 3.00 bits per heavy atom. The smallest absolute Gasteiger partial charge is 0.335 e. The van der Waals surface area contributed by atoms with Crippen molar-refractivity contribution in [3.63, 3.8) is 0 Å². The Kier molecular flexibility index (Phi) is 1.60. The fourth-order valence-electron chi connectivity index (χ4n) is 2.02. The maximum Gasteiger partial charge on any atom is 0.335 e. The second-order valence-corrected chi connectivity index (χ2v) is 3.21. The van der Waals surface area contributed by atoms with Crippen molar-refractivity contribution in [3.05, 3.63) is 0 Å². The Morgan fingerprint density at radius 1 is 1.55 bits per heavy atom. The van der Waals surface area contributed by atoms with Gasteiger partial charge in [-0.15, -0.1) is 0 Å². The molecule has 3 nitrogen and oxygen atoms in total. The molecule has 3 atom stereocenters. The number of methoxy groups -OCH3 is 1. The predicted molar refractivity (Wildman–Crippen MR) is 38.0 cm³/mol. The highest BCUT2D eigenvalue weighted by Gasteiger charge is 2.49. The zero-order chi connectivity index (χ0) is 7.84. The molecule has 3 heteroatoms. The van der Waals surface area contributed by atoms with Crippen LogP contribution in [0.25, 0.3) is 0 Å². The first-order chi connectivity index (χ1) is 5.33. The average molecular weight is 156 g/mol. The minimum absolute atomic E-state index is 0.201. The summed E-state index contributed by atoms with van der Waals surface area (Å²) in [6.07, 6.45) is 3.57. The van der Waals surface area contributed by atoms with Gasteiger partial charge in [0.15, 0.2) is 6.10 Å². The lowest BCUT2D eigenvalue weighted by Gasteiger charge is -2.38. The standard InChI is InChI=1S/C8H12O3/c1-10-8(9)7-5-3-2-4-6(5)11-7/h5-7H,2-4H2,1H3/t5-,6+,7-/m0/s1. The van der Waals surface area contributed by atoms with Gasteiger partial charge in [0.2, 0.25) is 0 Å². The van der Waals surface area contributed by atoms with Crippen molar-refractivity contribution in [2.75, 3.05) is 7.11 Å². The molecule has 1 saturated carbocycles. The first-order valence-corrected chi connectivity index (χ1v) is 4.06. The number of rotatable bonds is 1. The maximum atomic E-state index is 11.0. The van der Waals surface area contributed by atoms with Crippen molar-refractivity contribution in [3.8, 4) is 0 Å². The maximum absolute atomic E-state index is 11.0. The van der Waals surface area contributed by atoms with Gasteiger partial charge >= 0.3 is 5.97 Å². The van der Waals surface area contributed by atoms with E-state index in [1.54, 1.807) is 0 Å². The minimum Gasteiger partial charge on any atom is -0.467 e. The van der Waals surface area contributed by atoms with E-state index in [2.05, 4.69) is 4.74 Å². The molecule has 2 rings (SSSR count). The summed E-state index contributed by atoms with van der Waals surface area (Å²) in [5.74, 6) is 0.260. The summed E-state index contributed by atoms with van der Waals surface area (Å²) in [6.45, 7) is 0. The molecule has 0 N–H and O–H groups in total. The highest BCUT2D eigenvalue weighted by molar-refractivity contribution is 5.76. The van der Waals surface area contributed by atoms with Gasteiger partial charge in [0.1, 0.15) is 0 Å². The fourth-order valence-corrected chi connectivity index (χ4v) is 2.02. The van der Waals surface area contributed by atoms with Crippen molar-refractivity contribution in [1.29, 1.82) is 0 Å². The normalized spacial score (nSPS) is 41.0. The van der Waals surface area contributed by atoms with E-state index >= 15 is 0 Å². The van der Waals surface area contributed by atoms with E-state index in [1.807, 2.05) is 0 Å². The number of carbonyl (C=O) groups excluding carboxylic acids is 1. The largest absolute Gasteiger partial charge is 0.467 e. The molecular formula is C8H12O3. The number of carbonyl (C=O) groups is 1. The summed E-state index contributed by atoms with van der Waals surface area (Å²) >= 11 is 0. The van der Waals surface area contributed by atoms with Gasteiger partial charge in [0, 0.05) is 5.92 Å². The van der Waals surface area contributed by atoms with Crippen molar-refractivity contribution >= 4 is 5.97 Å². The zero-order valence-electron chi connectivity index (χ0n) is 6.58. The van der Waals surface area contributed by atoms with Crippen LogP contribution in [0, 0.1) is 5.92 Å². The van der Waals surface area contributed by atoms with Crippen LogP contribution in [0.3, 0.4) is 0 Å². The van der Waals surface area contributed by atoms with Gasteiger partial charge in [0.25, 0.3) is 0 Å². The van der Waals surface area contributed by atoms with E-state index in [0.717, 1.165) is 12.8 Å². The molecule has 0 aromatic carbocycles. The van der Waals surface area contributed by atoms with Crippen LogP contribution in [-0.4, -0.2) is 25.3 Å². The van der Waals surface area contributed by atoms with E-state index in [4.69, 9.17) is 4.74 Å². The van der Waals surface area contributed by atoms with Gasteiger partial charge < -0.3 is 9.47 Å². The number of hydrogen-bond acceptors (Lipinski definition) is 3. The summed E-state index contributed by atoms with van der Waals surface area (Å²) in [4.78, 5) is 11.0. The van der Waals surface area contributed by atoms with E-state index in [1.165, 1.54) is 13.5 Å². The van der Waals surface area contributed by atoms with Crippen LogP contribution in [0.1, 0.15) is 19.3 Å². The van der Waals surface area contributed by atoms with Crippen molar-refractivity contribution in [1.82, 2.24) is 0 Å². The highest BCUT2D eigenvalue weighted by atomic mass is 16.6. The molecule has 0 unspecified atom stereocenters. The molecule has 1 heterocycles. The molecule has 0 radical (unpaired) electrons. The molecule has 0 aromatic heterocycles. The van der Waals surface area contributed by atoms with E-state index < -0.39 is 0 Å². The lowest BCUT2D eigenvalue weighted by atomic mass is 9.92. The Morgan fingerprint density at radius 2 is 2.36 bits per heavy atom. The van der Waals surface area contributed by atoms with E-state index in [9.17, 15) is 4.79 Å². The van der Waals surface area contributed by atoms with Crippen LogP contribution in [0.4, 0.5) is 0 Å². The highest BCUT2D eigenvalue weighted by Crippen LogP contribution is 2.41. The van der Waals surface area contributed by atoms with Crippen LogP contribution in [-0.2, 0) is 14.3 Å². The van der Waals surface area contributed by atoms with Gasteiger partial charge in [-0.2, -0.15) is 0 Å². The number of ether oxygens (including phenoxy) is 2. The molecule has 1 aliphatic carbocycles. The topological polar surface area (TPSA) is 35.5 Å². The lowest BCUT2D eigenvalue weighted by Crippen LogP contribution is -2.50. The molecule has 1 aliphatic heterocycles. The first kappa shape index (κ1) is 7.10. The summed E-state index contributed by atoms with van der Waals surface area (Å²) in [5, 5.41) is 0. The molecule has 0 aromatic rings. The summed E-state index contributed by atoms with van der Waals surface area (Å²) in [5.41, 5.74) is 0. The van der Waals surface area contributed by atoms with Gasteiger partial charge in [-0.3, -0.25) is 0 Å². The van der Waals surface area contributed by atoms with Gasteiger partial charge in [-0.1, -0.05) is 6.42 Å². The minimum atomic E-state index is -0.243. The summed E-state index contributed by atoms with van der Waals surface area (Å²) < 4.78 is 9.94. The zero-order valence-corrected chi connectivity index (χ0v) is 6.58. The third kappa shape index (κ3) is 0.948. The number of fused-ring (bicyclic) bond motifs is 1. The molecule has 62 valence electrons. The van der Waals surface area contributed by atoms with Crippen molar-refractivity contribution in [2.45, 2.75) is 31.5 Å². The molecule has 0 amide bonds. The quantitative estimate of drug-likeness (QED) is 0.525. The lowest BCUT2D eigenvalue weighted by molar-refractivity contribution is -0.200. The van der Waals surface area contributed by atoms with Crippen molar-refractivity contribution < 1.29 is 14.3 Å². The van der Waals surface area contributed by atoms with Gasteiger partial charge in [0.05, 0.1) is 13.2 Å². The first-order valence-electron chi connectivity index (χ1n) is 4.06. The monoisotopic (exact) mass is 156 g/mol. The molecule has 0 bridgehead atoms. The molecular weight excluding hydrogens is 144 g/mol. The van der Waals surface area contributed by atoms with Crippen LogP contribution in [0.2, 0.25) is 0 Å². The van der Waals surface area contributed by atoms with E-state index in [0.29, 0.717) is 12.0 Å². The fraction of sp³-hybridized carbons (Fsp3) is 0.875. The third-order valence-electron chi connectivity index (χ3n) is 2.65. The van der Waals surface area contributed by atoms with Crippen LogP contribution < -0.4 is 0 Å². The molecule has 2 aliphatic rings. The van der Waals surface area contributed by atoms with Crippen LogP contribution in [0.15, 0.2) is 0 Å². The Balaban J connectivity index is 1.94. The molecule has 2 fully saturated rings. The Hall–Kier alpha value is -0.570. The Bertz CT molecular complexity index is 178. The molecule has 11 heavy (non-hydrogen) atoms. The SMILES string of the molecule is COC(=O)[C@H]1O[C@@H]2CCC[C@H]12. The Labute approximate surface area is 65.7 Å². The summed E-state index contributed by atoms with van der Waals surface area (Å²) in [6, 6.07) is 0. The third-order valence-corrected chi connectivity index (χ3v) is 2.65. The predicted octanol–water partition coefficient (Wildman–Crippen LogP) is 0.727. The average Bonchev–Trinajstić information content (AvgIpc) is 2.32. The van der Waals surface area contributed by atoms with Crippen LogP contribution >= 0.6 is 0 Å².